The van der Waals surface area contributed by atoms with Gasteiger partial charge in [-0.25, -0.2) is 4.39 Å². The molecule has 76 valence electrons. The second kappa shape index (κ2) is 3.31. The number of alkyl halides is 1. The summed E-state index contributed by atoms with van der Waals surface area (Å²) >= 11 is 0. The van der Waals surface area contributed by atoms with Crippen molar-refractivity contribution >= 4 is 9.24 Å². The van der Waals surface area contributed by atoms with Crippen molar-refractivity contribution in [2.75, 3.05) is 0 Å². The molecule has 2 rings (SSSR count). The quantitative estimate of drug-likeness (QED) is 0.571. The van der Waals surface area contributed by atoms with Crippen molar-refractivity contribution in [3.63, 3.8) is 0 Å². The first-order valence-corrected chi connectivity index (χ1v) is 5.67. The smallest absolute Gasteiger partial charge is 0.149 e. The van der Waals surface area contributed by atoms with Crippen molar-refractivity contribution in [2.45, 2.75) is 31.6 Å². The minimum absolute atomic E-state index is 0.410. The van der Waals surface area contributed by atoms with Gasteiger partial charge in [-0.05, 0) is 29.4 Å². The van der Waals surface area contributed by atoms with E-state index in [2.05, 4.69) is 23.1 Å². The maximum Gasteiger partial charge on any atom is 0.149 e. The van der Waals surface area contributed by atoms with Crippen LogP contribution in [-0.4, -0.2) is 0 Å². The molecule has 1 aliphatic carbocycles. The van der Waals surface area contributed by atoms with E-state index in [0.29, 0.717) is 18.3 Å². The lowest BCUT2D eigenvalue weighted by Crippen LogP contribution is -2.27. The van der Waals surface area contributed by atoms with Crippen LogP contribution in [0.25, 0.3) is 0 Å². The van der Waals surface area contributed by atoms with Crippen molar-refractivity contribution in [3.05, 3.63) is 35.4 Å². The molecule has 4 unspecified atom stereocenters. The first-order chi connectivity index (χ1) is 6.52. The molecule has 0 amide bonds. The van der Waals surface area contributed by atoms with Gasteiger partial charge in [0.2, 0.25) is 0 Å². The van der Waals surface area contributed by atoms with E-state index in [9.17, 15) is 4.39 Å². The first kappa shape index (κ1) is 10.1. The zero-order chi connectivity index (χ0) is 10.3. The van der Waals surface area contributed by atoms with Gasteiger partial charge in [0.15, 0.2) is 0 Å². The van der Waals surface area contributed by atoms with Gasteiger partial charge in [0, 0.05) is 0 Å². The Labute approximate surface area is 87.1 Å². The van der Waals surface area contributed by atoms with Crippen LogP contribution in [-0.2, 0) is 5.41 Å². The fraction of sp³-hybridized carbons (Fsp3) is 0.500. The predicted octanol–water partition coefficient (Wildman–Crippen LogP) is 3.83. The van der Waals surface area contributed by atoms with Gasteiger partial charge in [-0.3, -0.25) is 0 Å². The molecule has 0 aliphatic heterocycles. The second-order valence-electron chi connectivity index (χ2n) is 4.42. The standard InChI is InChI=1S/C12H16FP/c1-8-7-12(13,14)11-6-4-3-5-10(11)9(8)2/h3-6,8-9H,7,14H2,1-2H3. The molecule has 0 saturated carbocycles. The van der Waals surface area contributed by atoms with Gasteiger partial charge in [0.05, 0.1) is 0 Å². The maximum absolute atomic E-state index is 14.3. The van der Waals surface area contributed by atoms with Crippen LogP contribution >= 0.6 is 9.24 Å². The number of hydrogen-bond acceptors (Lipinski definition) is 0. The van der Waals surface area contributed by atoms with Crippen molar-refractivity contribution in [1.82, 2.24) is 0 Å². The third-order valence-electron chi connectivity index (χ3n) is 3.37. The molecule has 1 aromatic carbocycles. The van der Waals surface area contributed by atoms with Crippen LogP contribution in [0, 0.1) is 5.92 Å². The van der Waals surface area contributed by atoms with Crippen molar-refractivity contribution < 1.29 is 4.39 Å². The molecule has 0 fully saturated rings. The Kier molecular flexibility index (Phi) is 2.39. The highest BCUT2D eigenvalue weighted by Crippen LogP contribution is 2.50. The summed E-state index contributed by atoms with van der Waals surface area (Å²) in [6, 6.07) is 7.87. The fourth-order valence-electron chi connectivity index (χ4n) is 2.33. The highest BCUT2D eigenvalue weighted by Gasteiger charge is 2.38. The molecule has 0 nitrogen and oxygen atoms in total. The van der Waals surface area contributed by atoms with Crippen LogP contribution in [0.2, 0.25) is 0 Å². The number of halogens is 1. The van der Waals surface area contributed by atoms with Gasteiger partial charge in [-0.15, -0.1) is 0 Å². The van der Waals surface area contributed by atoms with Crippen LogP contribution in [0.5, 0.6) is 0 Å². The third-order valence-corrected chi connectivity index (χ3v) is 3.92. The normalized spacial score (nSPS) is 36.6. The molecule has 14 heavy (non-hydrogen) atoms. The van der Waals surface area contributed by atoms with E-state index in [1.807, 2.05) is 24.3 Å². The van der Waals surface area contributed by atoms with E-state index < -0.39 is 5.41 Å². The van der Waals surface area contributed by atoms with E-state index >= 15 is 0 Å². The molecular weight excluding hydrogens is 194 g/mol. The zero-order valence-electron chi connectivity index (χ0n) is 8.63. The Morgan fingerprint density at radius 2 is 2.00 bits per heavy atom. The van der Waals surface area contributed by atoms with Crippen LogP contribution in [0.4, 0.5) is 4.39 Å². The lowest BCUT2D eigenvalue weighted by molar-refractivity contribution is 0.203. The number of rotatable bonds is 0. The summed E-state index contributed by atoms with van der Waals surface area (Å²) in [4.78, 5) is 0. The molecule has 0 saturated heterocycles. The minimum atomic E-state index is -1.22. The molecule has 0 radical (unpaired) electrons. The molecule has 1 aromatic rings. The second-order valence-corrected chi connectivity index (χ2v) is 5.33. The van der Waals surface area contributed by atoms with Crippen LogP contribution in [0.15, 0.2) is 24.3 Å². The molecule has 1 aliphatic rings. The van der Waals surface area contributed by atoms with E-state index in [4.69, 9.17) is 0 Å². The maximum atomic E-state index is 14.3. The lowest BCUT2D eigenvalue weighted by Gasteiger charge is -2.36. The molecule has 0 heterocycles. The highest BCUT2D eigenvalue weighted by atomic mass is 31.0. The van der Waals surface area contributed by atoms with Gasteiger partial charge >= 0.3 is 0 Å². The molecule has 4 atom stereocenters. The largest absolute Gasteiger partial charge is 0.234 e. The third kappa shape index (κ3) is 1.48. The first-order valence-electron chi connectivity index (χ1n) is 5.09. The molecule has 0 N–H and O–H groups in total. The Hall–Kier alpha value is -0.420. The highest BCUT2D eigenvalue weighted by molar-refractivity contribution is 7.18. The SMILES string of the molecule is CC1CC(F)(P)c2ccccc2C1C. The van der Waals surface area contributed by atoms with Gasteiger partial charge in [0.25, 0.3) is 0 Å². The molecule has 2 heteroatoms. The summed E-state index contributed by atoms with van der Waals surface area (Å²) < 4.78 is 14.3. The van der Waals surface area contributed by atoms with E-state index in [0.717, 1.165) is 5.56 Å². The predicted molar refractivity (Wildman–Crippen MR) is 61.1 cm³/mol. The zero-order valence-corrected chi connectivity index (χ0v) is 9.78. The Balaban J connectivity index is 2.56. The van der Waals surface area contributed by atoms with E-state index in [1.165, 1.54) is 5.56 Å². The summed E-state index contributed by atoms with van der Waals surface area (Å²) in [6.45, 7) is 4.31. The Bertz CT molecular complexity index is 346. The van der Waals surface area contributed by atoms with Crippen molar-refractivity contribution in [3.8, 4) is 0 Å². The average molecular weight is 210 g/mol. The van der Waals surface area contributed by atoms with Gasteiger partial charge in [-0.1, -0.05) is 47.4 Å². The van der Waals surface area contributed by atoms with Crippen LogP contribution in [0.3, 0.4) is 0 Å². The fourth-order valence-corrected chi connectivity index (χ4v) is 2.97. The number of benzene rings is 1. The summed E-state index contributed by atoms with van der Waals surface area (Å²) in [5.41, 5.74) is 2.03. The van der Waals surface area contributed by atoms with Crippen LogP contribution < -0.4 is 0 Å². The number of fused-ring (bicyclic) bond motifs is 1. The van der Waals surface area contributed by atoms with Crippen molar-refractivity contribution in [1.29, 1.82) is 0 Å². The summed E-state index contributed by atoms with van der Waals surface area (Å²) in [5.74, 6) is 0.878. The van der Waals surface area contributed by atoms with E-state index in [1.54, 1.807) is 0 Å². The molecule has 0 aromatic heterocycles. The average Bonchev–Trinajstić information content (AvgIpc) is 2.14. The molecular formula is C12H16FP. The summed E-state index contributed by atoms with van der Waals surface area (Å²) in [5, 5.41) is -1.22. The van der Waals surface area contributed by atoms with Crippen molar-refractivity contribution in [2.24, 2.45) is 5.92 Å². The summed E-state index contributed by atoms with van der Waals surface area (Å²) in [7, 11) is 2.36. The van der Waals surface area contributed by atoms with Gasteiger partial charge in [0.1, 0.15) is 5.41 Å². The van der Waals surface area contributed by atoms with Gasteiger partial charge in [-0.2, -0.15) is 0 Å². The minimum Gasteiger partial charge on any atom is -0.234 e. The van der Waals surface area contributed by atoms with E-state index in [-0.39, 0.29) is 0 Å². The van der Waals surface area contributed by atoms with Gasteiger partial charge < -0.3 is 0 Å². The lowest BCUT2D eigenvalue weighted by atomic mass is 9.76. The molecule has 0 spiro atoms. The Morgan fingerprint density at radius 3 is 2.71 bits per heavy atom. The topological polar surface area (TPSA) is 0 Å². The monoisotopic (exact) mass is 210 g/mol. The molecule has 0 bridgehead atoms. The van der Waals surface area contributed by atoms with Crippen LogP contribution in [0.1, 0.15) is 37.3 Å². The Morgan fingerprint density at radius 1 is 1.36 bits per heavy atom. The summed E-state index contributed by atoms with van der Waals surface area (Å²) in [6.07, 6.45) is 0.607. The number of hydrogen-bond donors (Lipinski definition) is 0.